The highest BCUT2D eigenvalue weighted by molar-refractivity contribution is 5.19. The summed E-state index contributed by atoms with van der Waals surface area (Å²) in [6.45, 7) is 25.7. The summed E-state index contributed by atoms with van der Waals surface area (Å²) < 4.78 is 0. The third kappa shape index (κ3) is 19.4. The van der Waals surface area contributed by atoms with Crippen molar-refractivity contribution in [3.05, 3.63) is 0 Å². The SMILES string of the molecule is CCCCCCCCC1CCC(N(C2CCC(C)CC2)C2CC(C3CC(CCCC)C4CCC5C(CCCC)CC(CCCC)C6CCC3C4C56)C3CCC4C5C(CCC2C35)C(C2CC3C(CCCC)CC(CCCC)C5CCC6C(CCCC)CCC2C6C53)CC4N(C2CCC(C)CC2)C2CCC(CCCCCCCC)CC2)CC1. The lowest BCUT2D eigenvalue weighted by Gasteiger charge is -2.71. The molecule has 0 aromatic carbocycles. The minimum Gasteiger partial charge on any atom is -0.294 e. The normalized spacial score (nSPS) is 46.4. The van der Waals surface area contributed by atoms with Crippen LogP contribution >= 0.6 is 0 Å². The molecule has 2 nitrogen and oxygen atoms in total. The van der Waals surface area contributed by atoms with Gasteiger partial charge in [-0.3, -0.25) is 9.80 Å². The first-order chi connectivity index (χ1) is 57.1. The number of hydrogen-bond donors (Lipinski definition) is 0. The smallest absolute Gasteiger partial charge is 0.0135 e. The Balaban J connectivity index is 0.825. The molecule has 16 aliphatic carbocycles. The maximum atomic E-state index is 3.76. The standard InChI is InChI=1S/C114H200N2/c1-11-19-27-29-31-33-35-79-47-56-89(57-48-79)115(87-52-43-77(9)44-53-87)107-75-105(103-73-86(42-26-18-8)95-64-63-92-82(38-22-14-4)71-83(39-23-15-5)93-65-66-97(103)111(95)109(92)93)98-67-69-101-108(116(88-54-45-78(10)46-55-88)90-58-49-80(50-59-90)36-34-32-30-28-20-12-2)76-106(99-68-70-100(107)113(98)114(99)101)104-74-102-85(41-25-17-7)72-84(40-24-16-6)94-62-61-91-81(37-21-13-3)51-60-96(104)110(91)112(94)102/h77-114H,11-76H2,1-10H3. The third-order valence-corrected chi connectivity index (χ3v) is 43.1. The van der Waals surface area contributed by atoms with Gasteiger partial charge in [0.2, 0.25) is 0 Å². The van der Waals surface area contributed by atoms with E-state index in [2.05, 4.69) is 79.0 Å². The van der Waals surface area contributed by atoms with Crippen molar-refractivity contribution in [3.63, 3.8) is 0 Å². The molecule has 30 atom stereocenters. The first kappa shape index (κ1) is 89.3. The van der Waals surface area contributed by atoms with Gasteiger partial charge in [-0.1, -0.05) is 275 Å². The summed E-state index contributed by atoms with van der Waals surface area (Å²) in [6.07, 6.45) is 103. The summed E-state index contributed by atoms with van der Waals surface area (Å²) in [6, 6.07) is 5.16. The van der Waals surface area contributed by atoms with E-state index in [0.717, 1.165) is 226 Å². The molecule has 16 fully saturated rings. The first-order valence-electron chi connectivity index (χ1n) is 56.6. The molecule has 116 heavy (non-hydrogen) atoms. The number of nitrogens with zero attached hydrogens (tertiary/aromatic N) is 2. The summed E-state index contributed by atoms with van der Waals surface area (Å²) in [7, 11) is 0. The lowest BCUT2D eigenvalue weighted by molar-refractivity contribution is -0.218. The highest BCUT2D eigenvalue weighted by Gasteiger charge is 2.69. The van der Waals surface area contributed by atoms with Gasteiger partial charge >= 0.3 is 0 Å². The summed E-state index contributed by atoms with van der Waals surface area (Å²) >= 11 is 0. The molecular weight excluding hydrogens is 1400 g/mol. The van der Waals surface area contributed by atoms with Gasteiger partial charge in [0.1, 0.15) is 0 Å². The predicted molar refractivity (Wildman–Crippen MR) is 500 cm³/mol. The van der Waals surface area contributed by atoms with Crippen LogP contribution in [0.25, 0.3) is 0 Å². The minimum atomic E-state index is 0.857. The van der Waals surface area contributed by atoms with Crippen LogP contribution in [0.4, 0.5) is 0 Å². The van der Waals surface area contributed by atoms with E-state index in [1.54, 1.807) is 244 Å². The van der Waals surface area contributed by atoms with Crippen molar-refractivity contribution >= 4 is 0 Å². The predicted octanol–water partition coefficient (Wildman–Crippen LogP) is 33.7. The molecule has 16 aliphatic rings. The lowest BCUT2D eigenvalue weighted by atomic mass is 9.36. The fraction of sp³-hybridized carbons (Fsp3) is 1.00. The Kier molecular flexibility index (Phi) is 33.2. The van der Waals surface area contributed by atoms with Crippen LogP contribution in [0, 0.1) is 189 Å². The average Bonchev–Trinajstić information content (AvgIpc) is 0.695. The number of rotatable bonds is 40. The van der Waals surface area contributed by atoms with E-state index in [0.29, 0.717) is 0 Å². The van der Waals surface area contributed by atoms with Crippen LogP contribution in [0.15, 0.2) is 0 Å². The highest BCUT2D eigenvalue weighted by Crippen LogP contribution is 2.74. The van der Waals surface area contributed by atoms with E-state index < -0.39 is 0 Å². The van der Waals surface area contributed by atoms with Crippen LogP contribution in [-0.4, -0.2) is 46.1 Å². The molecule has 0 heterocycles. The maximum absolute atomic E-state index is 3.76. The van der Waals surface area contributed by atoms with Gasteiger partial charge in [0, 0.05) is 36.3 Å². The van der Waals surface area contributed by atoms with Crippen molar-refractivity contribution in [1.29, 1.82) is 0 Å². The molecule has 0 aromatic heterocycles. The van der Waals surface area contributed by atoms with E-state index >= 15 is 0 Å². The maximum Gasteiger partial charge on any atom is 0.0135 e. The number of hydrogen-bond acceptors (Lipinski definition) is 2. The molecule has 2 heteroatoms. The Morgan fingerprint density at radius 1 is 0.172 bits per heavy atom. The minimum absolute atomic E-state index is 0.857. The zero-order valence-corrected chi connectivity index (χ0v) is 79.5. The second-order valence-electron chi connectivity index (χ2n) is 48.7. The van der Waals surface area contributed by atoms with Gasteiger partial charge in [-0.05, 0) is 408 Å². The molecule has 0 saturated heterocycles. The van der Waals surface area contributed by atoms with Crippen molar-refractivity contribution in [2.45, 2.75) is 529 Å². The summed E-state index contributed by atoms with van der Waals surface area (Å²) in [5.41, 5.74) is 0. The quantitative estimate of drug-likeness (QED) is 0.0564. The molecule has 666 valence electrons. The van der Waals surface area contributed by atoms with Crippen molar-refractivity contribution < 1.29 is 0 Å². The van der Waals surface area contributed by atoms with Crippen LogP contribution in [0.1, 0.15) is 493 Å². The zero-order valence-electron chi connectivity index (χ0n) is 79.5. The lowest BCUT2D eigenvalue weighted by Crippen LogP contribution is -2.68. The Hall–Kier alpha value is -0.0800. The Morgan fingerprint density at radius 3 is 0.793 bits per heavy atom. The van der Waals surface area contributed by atoms with Gasteiger partial charge in [-0.2, -0.15) is 0 Å². The monoisotopic (exact) mass is 1600 g/mol. The van der Waals surface area contributed by atoms with Crippen molar-refractivity contribution in [2.24, 2.45) is 189 Å². The van der Waals surface area contributed by atoms with Crippen molar-refractivity contribution in [2.75, 3.05) is 0 Å². The fourth-order valence-corrected chi connectivity index (χ4v) is 38.3. The van der Waals surface area contributed by atoms with E-state index in [4.69, 9.17) is 0 Å². The zero-order chi connectivity index (χ0) is 79.8. The molecule has 0 bridgehead atoms. The molecule has 0 amide bonds. The van der Waals surface area contributed by atoms with Crippen LogP contribution in [-0.2, 0) is 0 Å². The summed E-state index contributed by atoms with van der Waals surface area (Å²) in [4.78, 5) is 7.53. The molecule has 0 aliphatic heterocycles. The molecule has 0 aromatic rings. The van der Waals surface area contributed by atoms with Crippen LogP contribution in [0.3, 0.4) is 0 Å². The topological polar surface area (TPSA) is 6.48 Å². The largest absolute Gasteiger partial charge is 0.294 e. The van der Waals surface area contributed by atoms with Gasteiger partial charge in [0.05, 0.1) is 0 Å². The van der Waals surface area contributed by atoms with E-state index in [1.807, 2.05) is 0 Å². The fourth-order valence-electron chi connectivity index (χ4n) is 38.3. The molecule has 16 rings (SSSR count). The van der Waals surface area contributed by atoms with Gasteiger partial charge in [-0.25, -0.2) is 0 Å². The van der Waals surface area contributed by atoms with Crippen LogP contribution in [0.5, 0.6) is 0 Å². The molecule has 0 radical (unpaired) electrons. The Morgan fingerprint density at radius 2 is 0.422 bits per heavy atom. The van der Waals surface area contributed by atoms with Gasteiger partial charge in [-0.15, -0.1) is 0 Å². The van der Waals surface area contributed by atoms with E-state index in [-0.39, 0.29) is 0 Å². The summed E-state index contributed by atoms with van der Waals surface area (Å²) in [5, 5.41) is 0. The average molecular weight is 1600 g/mol. The molecule has 0 N–H and O–H groups in total. The molecule has 0 spiro atoms. The van der Waals surface area contributed by atoms with E-state index in [1.165, 1.54) is 180 Å². The molecule has 16 saturated carbocycles. The second kappa shape index (κ2) is 43.1. The Bertz CT molecular complexity index is 2770. The van der Waals surface area contributed by atoms with Gasteiger partial charge in [0.25, 0.3) is 0 Å². The van der Waals surface area contributed by atoms with Crippen molar-refractivity contribution in [3.8, 4) is 0 Å². The van der Waals surface area contributed by atoms with Gasteiger partial charge < -0.3 is 0 Å². The van der Waals surface area contributed by atoms with Crippen molar-refractivity contribution in [1.82, 2.24) is 9.80 Å². The summed E-state index contributed by atoms with van der Waals surface area (Å²) in [5.74, 6) is 32.8. The first-order valence-corrected chi connectivity index (χ1v) is 56.6. The van der Waals surface area contributed by atoms with Crippen LogP contribution in [0.2, 0.25) is 0 Å². The van der Waals surface area contributed by atoms with Gasteiger partial charge in [0.15, 0.2) is 0 Å². The molecular formula is C114H200N2. The highest BCUT2D eigenvalue weighted by atomic mass is 15.2. The second-order valence-corrected chi connectivity index (χ2v) is 48.7. The third-order valence-electron chi connectivity index (χ3n) is 43.1. The number of unbranched alkanes of at least 4 members (excludes halogenated alkanes) is 16. The molecule has 30 unspecified atom stereocenters. The Labute approximate surface area is 723 Å². The van der Waals surface area contributed by atoms with Crippen LogP contribution < -0.4 is 0 Å². The van der Waals surface area contributed by atoms with E-state index in [9.17, 15) is 0 Å².